The van der Waals surface area contributed by atoms with Gasteiger partial charge in [0.15, 0.2) is 17.3 Å². The number of Topliss-reactive ketones (excluding diaryl/α,β-unsaturated/α-hetero) is 1. The number of nitrogens with zero attached hydrogens (tertiary/aromatic N) is 1. The molecular weight excluding hydrogens is 546 g/mol. The first-order valence-electron chi connectivity index (χ1n) is 14.5. The molecule has 228 valence electrons. The van der Waals surface area contributed by atoms with Gasteiger partial charge in [0.2, 0.25) is 5.79 Å². The summed E-state index contributed by atoms with van der Waals surface area (Å²) < 4.78 is 24.4. The highest BCUT2D eigenvalue weighted by atomic mass is 28.4. The molecule has 1 fully saturated rings. The minimum Gasteiger partial charge on any atom is -0.541 e. The Morgan fingerprint density at radius 2 is 1.67 bits per heavy atom. The van der Waals surface area contributed by atoms with Crippen molar-refractivity contribution in [2.75, 3.05) is 20.3 Å². The van der Waals surface area contributed by atoms with E-state index < -0.39 is 30.3 Å². The molecule has 0 N–H and O–H groups in total. The van der Waals surface area contributed by atoms with Crippen LogP contribution in [-0.4, -0.2) is 46.0 Å². The number of carbonyl (C=O) groups is 2. The summed E-state index contributed by atoms with van der Waals surface area (Å²) in [5, 5.41) is 9.55. The van der Waals surface area contributed by atoms with Gasteiger partial charge in [0.05, 0.1) is 31.3 Å². The van der Waals surface area contributed by atoms with Gasteiger partial charge < -0.3 is 18.6 Å². The average Bonchev–Trinajstić information content (AvgIpc) is 3.38. The van der Waals surface area contributed by atoms with Crippen molar-refractivity contribution in [3.63, 3.8) is 0 Å². The highest BCUT2D eigenvalue weighted by molar-refractivity contribution is 6.74. The quantitative estimate of drug-likeness (QED) is 0.217. The Labute approximate surface area is 252 Å². The van der Waals surface area contributed by atoms with Crippen LogP contribution in [0.25, 0.3) is 6.08 Å². The highest BCUT2D eigenvalue weighted by Gasteiger charge is 2.52. The zero-order valence-electron chi connectivity index (χ0n) is 27.1. The van der Waals surface area contributed by atoms with Crippen molar-refractivity contribution < 1.29 is 28.2 Å². The third-order valence-corrected chi connectivity index (χ3v) is 13.3. The van der Waals surface area contributed by atoms with Gasteiger partial charge in [-0.05, 0) is 68.2 Å². The molecule has 3 rings (SSSR count). The van der Waals surface area contributed by atoms with E-state index in [0.717, 1.165) is 5.56 Å². The van der Waals surface area contributed by atoms with Crippen LogP contribution in [0.15, 0.2) is 48.1 Å². The molecule has 1 aromatic carbocycles. The molecule has 1 aromatic rings. The van der Waals surface area contributed by atoms with Gasteiger partial charge >= 0.3 is 0 Å². The molecule has 1 saturated heterocycles. The third-order valence-electron chi connectivity index (χ3n) is 8.95. The molecular formula is C34H47NO6Si. The van der Waals surface area contributed by atoms with Gasteiger partial charge in [0, 0.05) is 10.8 Å². The molecule has 0 saturated carbocycles. The van der Waals surface area contributed by atoms with Gasteiger partial charge in [-0.25, -0.2) is 0 Å². The van der Waals surface area contributed by atoms with Crippen LogP contribution >= 0.6 is 0 Å². The fourth-order valence-electron chi connectivity index (χ4n) is 5.28. The number of nitriles is 1. The summed E-state index contributed by atoms with van der Waals surface area (Å²) in [6, 6.07) is 7.80. The normalized spacial score (nSPS) is 22.7. The Hall–Kier alpha value is -2.99. The molecule has 0 bridgehead atoms. The van der Waals surface area contributed by atoms with Gasteiger partial charge in [0.25, 0.3) is 8.32 Å². The van der Waals surface area contributed by atoms with Crippen LogP contribution in [0, 0.1) is 27.6 Å². The Kier molecular flexibility index (Phi) is 9.25. The lowest BCUT2D eigenvalue weighted by Gasteiger charge is -2.39. The maximum Gasteiger partial charge on any atom is 0.250 e. The summed E-state index contributed by atoms with van der Waals surface area (Å²) in [7, 11) is -0.438. The van der Waals surface area contributed by atoms with Crippen molar-refractivity contribution in [1.29, 1.82) is 5.26 Å². The first kappa shape index (κ1) is 33.5. The predicted molar refractivity (Wildman–Crippen MR) is 168 cm³/mol. The molecule has 0 amide bonds. The molecule has 1 aliphatic heterocycles. The van der Waals surface area contributed by atoms with Gasteiger partial charge in [-0.1, -0.05) is 65.8 Å². The molecule has 42 heavy (non-hydrogen) atoms. The van der Waals surface area contributed by atoms with Crippen molar-refractivity contribution >= 4 is 26.0 Å². The second kappa shape index (κ2) is 11.6. The number of methoxy groups -OCH3 is 1. The predicted octanol–water partition coefficient (Wildman–Crippen LogP) is 7.44. The molecule has 1 aliphatic carbocycles. The summed E-state index contributed by atoms with van der Waals surface area (Å²) in [6.45, 7) is 20.9. The van der Waals surface area contributed by atoms with E-state index in [1.807, 2.05) is 51.1 Å². The molecule has 1 atom stereocenters. The van der Waals surface area contributed by atoms with Crippen molar-refractivity contribution in [2.24, 2.45) is 16.2 Å². The summed E-state index contributed by atoms with van der Waals surface area (Å²) in [5.74, 6) is -0.300. The summed E-state index contributed by atoms with van der Waals surface area (Å²) in [6.07, 6.45) is 9.16. The number of rotatable bonds is 9. The standard InChI is InChI=1S/C34H47NO6Si/c1-30(2,3)42(10,11)41-26-13-12-24(20-27(26)38-9)14-17-34(39-18-19-40-34)32(6,7)28(36)15-16-33(8)21-25(22-35)29(37)31(4,5)23-33/h12-17,20-21H,18-19,23H2,1-11H3/b16-15+,17-14+/t33-/m0/s1. The number of benzene rings is 1. The van der Waals surface area contributed by atoms with E-state index in [1.165, 1.54) is 6.08 Å². The van der Waals surface area contributed by atoms with Crippen molar-refractivity contribution in [3.05, 3.63) is 53.6 Å². The minimum atomic E-state index is -2.06. The lowest BCUT2D eigenvalue weighted by atomic mass is 9.65. The third kappa shape index (κ3) is 6.64. The highest BCUT2D eigenvalue weighted by Crippen LogP contribution is 2.45. The molecule has 0 aromatic heterocycles. The molecule has 1 heterocycles. The van der Waals surface area contributed by atoms with Gasteiger partial charge in [-0.3, -0.25) is 9.59 Å². The van der Waals surface area contributed by atoms with Crippen LogP contribution in [0.1, 0.15) is 67.4 Å². The molecule has 8 heteroatoms. The van der Waals surface area contributed by atoms with E-state index in [2.05, 4.69) is 33.9 Å². The monoisotopic (exact) mass is 593 g/mol. The fourth-order valence-corrected chi connectivity index (χ4v) is 6.30. The van der Waals surface area contributed by atoms with E-state index in [4.69, 9.17) is 18.6 Å². The lowest BCUT2D eigenvalue weighted by Crippen LogP contribution is -2.48. The molecule has 0 spiro atoms. The molecule has 0 unspecified atom stereocenters. The van der Waals surface area contributed by atoms with Crippen molar-refractivity contribution in [1.82, 2.24) is 0 Å². The first-order chi connectivity index (χ1) is 19.2. The second-order valence-electron chi connectivity index (χ2n) is 14.4. The molecule has 0 radical (unpaired) electrons. The van der Waals surface area contributed by atoms with E-state index >= 15 is 0 Å². The first-order valence-corrected chi connectivity index (χ1v) is 17.4. The SMILES string of the molecule is COc1cc(/C=C/C2(C(C)(C)C(=O)/C=C/[C@@]3(C)C=C(C#N)C(=O)C(C)(C)C3)OCCO2)ccc1O[Si](C)(C)C(C)(C)C. The van der Waals surface area contributed by atoms with Crippen LogP contribution in [-0.2, 0) is 19.1 Å². The van der Waals surface area contributed by atoms with Crippen LogP contribution in [0.5, 0.6) is 11.5 Å². The minimum absolute atomic E-state index is 0.0447. The number of ketones is 2. The number of hydrogen-bond acceptors (Lipinski definition) is 7. The van der Waals surface area contributed by atoms with Gasteiger partial charge in [-0.2, -0.15) is 5.26 Å². The second-order valence-corrected chi connectivity index (χ2v) is 19.1. The molecule has 7 nitrogen and oxygen atoms in total. The van der Waals surface area contributed by atoms with Crippen LogP contribution in [0.3, 0.4) is 0 Å². The largest absolute Gasteiger partial charge is 0.541 e. The summed E-state index contributed by atoms with van der Waals surface area (Å²) >= 11 is 0. The van der Waals surface area contributed by atoms with E-state index in [0.29, 0.717) is 31.1 Å². The smallest absolute Gasteiger partial charge is 0.250 e. The van der Waals surface area contributed by atoms with Crippen molar-refractivity contribution in [3.8, 4) is 17.6 Å². The number of carbonyl (C=O) groups excluding carboxylic acids is 2. The van der Waals surface area contributed by atoms with Gasteiger partial charge in [-0.15, -0.1) is 0 Å². The Morgan fingerprint density at radius 1 is 1.05 bits per heavy atom. The molecule has 2 aliphatic rings. The van der Waals surface area contributed by atoms with E-state index in [1.54, 1.807) is 39.2 Å². The maximum atomic E-state index is 13.7. The number of ether oxygens (including phenoxy) is 3. The Morgan fingerprint density at radius 3 is 2.21 bits per heavy atom. The summed E-state index contributed by atoms with van der Waals surface area (Å²) in [5.41, 5.74) is -1.43. The zero-order chi connectivity index (χ0) is 31.8. The van der Waals surface area contributed by atoms with Crippen LogP contribution in [0.4, 0.5) is 0 Å². The van der Waals surface area contributed by atoms with E-state index in [-0.39, 0.29) is 22.2 Å². The topological polar surface area (TPSA) is 94.9 Å². The van der Waals surface area contributed by atoms with Gasteiger partial charge in [0.1, 0.15) is 11.8 Å². The summed E-state index contributed by atoms with van der Waals surface area (Å²) in [4.78, 5) is 26.3. The maximum absolute atomic E-state index is 13.7. The van der Waals surface area contributed by atoms with E-state index in [9.17, 15) is 14.9 Å². The van der Waals surface area contributed by atoms with Crippen LogP contribution in [0.2, 0.25) is 18.1 Å². The number of hydrogen-bond donors (Lipinski definition) is 0. The fraction of sp³-hybridized carbons (Fsp3) is 0.559. The Bertz CT molecular complexity index is 1350. The number of allylic oxidation sites excluding steroid dienone is 4. The average molecular weight is 594 g/mol. The van der Waals surface area contributed by atoms with Crippen LogP contribution < -0.4 is 9.16 Å². The Balaban J connectivity index is 1.89. The lowest BCUT2D eigenvalue weighted by molar-refractivity contribution is -0.191. The van der Waals surface area contributed by atoms with Crippen molar-refractivity contribution in [2.45, 2.75) is 85.7 Å². The zero-order valence-corrected chi connectivity index (χ0v) is 28.1.